The topological polar surface area (TPSA) is 132 Å². The Morgan fingerprint density at radius 3 is 1.39 bits per heavy atom. The summed E-state index contributed by atoms with van der Waals surface area (Å²) in [5.41, 5.74) is 0. The van der Waals surface area contributed by atoms with Crippen molar-refractivity contribution in [1.82, 2.24) is 9.80 Å². The molecule has 11 heteroatoms. The third-order valence-corrected chi connectivity index (χ3v) is 11.3. The molecule has 1 aliphatic rings. The lowest BCUT2D eigenvalue weighted by atomic mass is 9.91. The summed E-state index contributed by atoms with van der Waals surface area (Å²) < 4.78 is 21.9. The van der Waals surface area contributed by atoms with Gasteiger partial charge in [-0.1, -0.05) is 110 Å². The second-order valence-electron chi connectivity index (χ2n) is 16.6. The highest BCUT2D eigenvalue weighted by atomic mass is 16.6. The molecule has 0 aromatic rings. The van der Waals surface area contributed by atoms with Gasteiger partial charge in [0.15, 0.2) is 0 Å². The second-order valence-corrected chi connectivity index (χ2v) is 16.6. The monoisotopic (exact) mass is 811 g/mol. The van der Waals surface area contributed by atoms with Crippen molar-refractivity contribution in [1.29, 1.82) is 0 Å². The highest BCUT2D eigenvalue weighted by Gasteiger charge is 2.25. The van der Waals surface area contributed by atoms with Gasteiger partial charge in [-0.3, -0.25) is 29.0 Å². The molecule has 1 aliphatic carbocycles. The summed E-state index contributed by atoms with van der Waals surface area (Å²) >= 11 is 0. The number of rotatable bonds is 40. The van der Waals surface area contributed by atoms with Gasteiger partial charge >= 0.3 is 23.9 Å². The van der Waals surface area contributed by atoms with Crippen LogP contribution in [0.1, 0.15) is 188 Å². The fraction of sp³-hybridized carbons (Fsp3) is 0.913. The Labute approximate surface area is 348 Å². The van der Waals surface area contributed by atoms with Crippen LogP contribution in [0.4, 0.5) is 0 Å². The molecule has 1 N–H and O–H groups in total. The van der Waals surface area contributed by atoms with Gasteiger partial charge in [0.25, 0.3) is 0 Å². The molecule has 1 fully saturated rings. The van der Waals surface area contributed by atoms with Crippen molar-refractivity contribution in [3.05, 3.63) is 0 Å². The third-order valence-electron chi connectivity index (χ3n) is 11.3. The molecule has 0 aromatic heterocycles. The van der Waals surface area contributed by atoms with Crippen LogP contribution in [0, 0.1) is 11.8 Å². The van der Waals surface area contributed by atoms with Crippen LogP contribution in [0.2, 0.25) is 0 Å². The minimum absolute atomic E-state index is 0.000769. The Morgan fingerprint density at radius 2 is 0.965 bits per heavy atom. The number of carbonyl (C=O) groups excluding carboxylic acids is 4. The van der Waals surface area contributed by atoms with Crippen LogP contribution in [0.25, 0.3) is 0 Å². The van der Waals surface area contributed by atoms with Crippen molar-refractivity contribution >= 4 is 23.9 Å². The summed E-state index contributed by atoms with van der Waals surface area (Å²) in [6, 6.07) is 0.597. The SMILES string of the molecule is CCCCCCCCCC(=O)OCC(CCCCN(CCN(CCO)CCCCC(COC(C)=O)COC(C)=O)C1CCC1)COC(=O)CCCCCCCCC. The Bertz CT molecular complexity index is 956. The van der Waals surface area contributed by atoms with Gasteiger partial charge in [0.1, 0.15) is 0 Å². The minimum atomic E-state index is -0.336. The van der Waals surface area contributed by atoms with Crippen LogP contribution in [0.3, 0.4) is 0 Å². The van der Waals surface area contributed by atoms with E-state index in [2.05, 4.69) is 23.6 Å². The first kappa shape index (κ1) is 52.8. The molecule has 0 amide bonds. The van der Waals surface area contributed by atoms with E-state index in [1.165, 1.54) is 97.3 Å². The molecule has 0 bridgehead atoms. The number of esters is 4. The molecule has 0 aliphatic heterocycles. The molecule has 0 heterocycles. The van der Waals surface area contributed by atoms with Crippen LogP contribution in [-0.4, -0.2) is 111 Å². The van der Waals surface area contributed by atoms with Crippen molar-refractivity contribution < 1.29 is 43.2 Å². The van der Waals surface area contributed by atoms with E-state index in [1.807, 2.05) is 0 Å². The zero-order valence-electron chi connectivity index (χ0n) is 37.1. The molecule has 0 atom stereocenters. The molecule has 334 valence electrons. The Balaban J connectivity index is 2.59. The number of carbonyl (C=O) groups is 4. The van der Waals surface area contributed by atoms with Crippen molar-refractivity contribution in [3.63, 3.8) is 0 Å². The van der Waals surface area contributed by atoms with Crippen LogP contribution in [0.5, 0.6) is 0 Å². The van der Waals surface area contributed by atoms with E-state index in [-0.39, 0.29) is 55.5 Å². The van der Waals surface area contributed by atoms with Crippen molar-refractivity contribution in [3.8, 4) is 0 Å². The number of ether oxygens (including phenoxy) is 4. The van der Waals surface area contributed by atoms with Gasteiger partial charge in [0, 0.05) is 64.2 Å². The van der Waals surface area contributed by atoms with Crippen LogP contribution >= 0.6 is 0 Å². The molecule has 0 saturated heterocycles. The average Bonchev–Trinajstić information content (AvgIpc) is 3.16. The molecular formula is C46H86N2O9. The second kappa shape index (κ2) is 36.8. The molecular weight excluding hydrogens is 725 g/mol. The summed E-state index contributed by atoms with van der Waals surface area (Å²) in [4.78, 5) is 52.8. The van der Waals surface area contributed by atoms with E-state index in [0.717, 1.165) is 90.4 Å². The summed E-state index contributed by atoms with van der Waals surface area (Å²) in [5.74, 6) is -0.983. The maximum Gasteiger partial charge on any atom is 0.305 e. The first-order valence-corrected chi connectivity index (χ1v) is 23.3. The normalized spacial score (nSPS) is 13.1. The summed E-state index contributed by atoms with van der Waals surface area (Å²) in [6.45, 7) is 12.7. The zero-order valence-corrected chi connectivity index (χ0v) is 37.1. The molecule has 1 saturated carbocycles. The summed E-state index contributed by atoms with van der Waals surface area (Å²) in [5, 5.41) is 9.80. The van der Waals surface area contributed by atoms with Crippen LogP contribution in [-0.2, 0) is 38.1 Å². The van der Waals surface area contributed by atoms with Gasteiger partial charge in [-0.2, -0.15) is 0 Å². The molecule has 0 spiro atoms. The molecule has 0 aromatic carbocycles. The Kier molecular flexibility index (Phi) is 34.1. The van der Waals surface area contributed by atoms with E-state index in [1.54, 1.807) is 0 Å². The number of unbranched alkanes of at least 4 members (excludes halogenated alkanes) is 14. The average molecular weight is 811 g/mol. The standard InChI is InChI=1S/C46H86N2O9/c1-5-7-9-11-13-15-17-28-45(52)56-38-43(39-57-46(53)29-18-16-14-12-10-8-6-2)25-20-22-31-48(44-26-23-27-44)33-32-47(34-35-49)30-21-19-24-42(36-54-40(3)50)37-55-41(4)51/h42-44,49H,5-39H2,1-4H3. The fourth-order valence-electron chi connectivity index (χ4n) is 7.41. The highest BCUT2D eigenvalue weighted by molar-refractivity contribution is 5.69. The minimum Gasteiger partial charge on any atom is -0.465 e. The molecule has 0 unspecified atom stereocenters. The first-order chi connectivity index (χ1) is 27.7. The fourth-order valence-corrected chi connectivity index (χ4v) is 7.41. The highest BCUT2D eigenvalue weighted by Crippen LogP contribution is 2.25. The largest absolute Gasteiger partial charge is 0.465 e. The van der Waals surface area contributed by atoms with E-state index in [0.29, 0.717) is 38.6 Å². The van der Waals surface area contributed by atoms with Gasteiger partial charge in [-0.25, -0.2) is 0 Å². The molecule has 0 radical (unpaired) electrons. The summed E-state index contributed by atoms with van der Waals surface area (Å²) in [7, 11) is 0. The van der Waals surface area contributed by atoms with E-state index < -0.39 is 0 Å². The number of nitrogens with zero attached hydrogens (tertiary/aromatic N) is 2. The zero-order chi connectivity index (χ0) is 41.8. The van der Waals surface area contributed by atoms with Gasteiger partial charge in [0.2, 0.25) is 0 Å². The van der Waals surface area contributed by atoms with E-state index in [9.17, 15) is 24.3 Å². The lowest BCUT2D eigenvalue weighted by Crippen LogP contribution is -2.45. The van der Waals surface area contributed by atoms with Gasteiger partial charge in [-0.05, 0) is 64.5 Å². The van der Waals surface area contributed by atoms with Crippen molar-refractivity contribution in [2.45, 2.75) is 194 Å². The van der Waals surface area contributed by atoms with Crippen LogP contribution in [0.15, 0.2) is 0 Å². The maximum atomic E-state index is 12.6. The number of aliphatic hydroxyl groups excluding tert-OH is 1. The Hall–Kier alpha value is -2.24. The van der Waals surface area contributed by atoms with Crippen LogP contribution < -0.4 is 0 Å². The lowest BCUT2D eigenvalue weighted by molar-refractivity contribution is -0.150. The molecule has 57 heavy (non-hydrogen) atoms. The van der Waals surface area contributed by atoms with Gasteiger partial charge in [0.05, 0.1) is 33.0 Å². The number of hydrogen-bond donors (Lipinski definition) is 1. The predicted molar refractivity (Wildman–Crippen MR) is 228 cm³/mol. The smallest absolute Gasteiger partial charge is 0.305 e. The quantitative estimate of drug-likeness (QED) is 0.0361. The van der Waals surface area contributed by atoms with E-state index in [4.69, 9.17) is 18.9 Å². The van der Waals surface area contributed by atoms with Gasteiger partial charge < -0.3 is 24.1 Å². The number of hydrogen-bond acceptors (Lipinski definition) is 11. The van der Waals surface area contributed by atoms with E-state index >= 15 is 0 Å². The molecule has 1 rings (SSSR count). The van der Waals surface area contributed by atoms with Gasteiger partial charge in [-0.15, -0.1) is 0 Å². The van der Waals surface area contributed by atoms with Crippen molar-refractivity contribution in [2.24, 2.45) is 11.8 Å². The third kappa shape index (κ3) is 31.4. The van der Waals surface area contributed by atoms with Crippen molar-refractivity contribution in [2.75, 3.05) is 65.8 Å². The summed E-state index contributed by atoms with van der Waals surface area (Å²) in [6.07, 6.45) is 26.3. The Morgan fingerprint density at radius 1 is 0.526 bits per heavy atom. The maximum absolute atomic E-state index is 12.6. The number of aliphatic hydroxyl groups is 1. The molecule has 11 nitrogen and oxygen atoms in total. The first-order valence-electron chi connectivity index (χ1n) is 23.3. The lowest BCUT2D eigenvalue weighted by Gasteiger charge is -2.39. The predicted octanol–water partition coefficient (Wildman–Crippen LogP) is 9.20.